The lowest BCUT2D eigenvalue weighted by atomic mass is 10.1. The fourth-order valence-electron chi connectivity index (χ4n) is 2.94. The highest BCUT2D eigenvalue weighted by Gasteiger charge is 2.29. The zero-order valence-electron chi connectivity index (χ0n) is 15.9. The molecular formula is C18H20F2N4O5S. The van der Waals surface area contributed by atoms with Crippen LogP contribution in [-0.2, 0) is 19.6 Å². The van der Waals surface area contributed by atoms with Gasteiger partial charge in [-0.05, 0) is 23.8 Å². The number of ether oxygens (including phenoxy) is 1. The van der Waals surface area contributed by atoms with Crippen LogP contribution in [0.3, 0.4) is 0 Å². The molecule has 1 atom stereocenters. The largest absolute Gasteiger partial charge is 0.379 e. The van der Waals surface area contributed by atoms with Crippen LogP contribution >= 0.6 is 0 Å². The Balaban J connectivity index is 1.81. The smallest absolute Gasteiger partial charge is 0.268 e. The van der Waals surface area contributed by atoms with Crippen LogP contribution in [0.15, 0.2) is 35.4 Å². The van der Waals surface area contributed by atoms with Crippen LogP contribution in [0.5, 0.6) is 0 Å². The molecule has 2 heterocycles. The van der Waals surface area contributed by atoms with Crippen LogP contribution < -0.4 is 10.6 Å². The van der Waals surface area contributed by atoms with Gasteiger partial charge >= 0.3 is 0 Å². The molecule has 2 amide bonds. The predicted molar refractivity (Wildman–Crippen MR) is 101 cm³/mol. The molecule has 3 rings (SSSR count). The van der Waals surface area contributed by atoms with E-state index in [-0.39, 0.29) is 42.5 Å². The van der Waals surface area contributed by atoms with Crippen molar-refractivity contribution in [2.75, 3.05) is 33.4 Å². The standard InChI is InChI=1S/C18H20F2N4O5S/c1-21-18(26)16(11-2-3-13(19)14(20)8-11)23-17(25)15-9-12(10-22-15)30(27,28)24-4-6-29-7-5-24/h2-3,8-10,16,22H,4-7H2,1H3,(H,21,26)(H,23,25). The van der Waals surface area contributed by atoms with Gasteiger partial charge in [0.1, 0.15) is 16.6 Å². The first-order valence-electron chi connectivity index (χ1n) is 8.97. The van der Waals surface area contributed by atoms with Crippen LogP contribution in [0.2, 0.25) is 0 Å². The number of benzene rings is 1. The highest BCUT2D eigenvalue weighted by molar-refractivity contribution is 7.89. The molecule has 2 aromatic rings. The molecule has 9 nitrogen and oxygen atoms in total. The maximum atomic E-state index is 13.6. The van der Waals surface area contributed by atoms with Gasteiger partial charge in [-0.2, -0.15) is 4.31 Å². The first-order chi connectivity index (χ1) is 14.2. The molecule has 3 N–H and O–H groups in total. The van der Waals surface area contributed by atoms with Gasteiger partial charge < -0.3 is 20.4 Å². The number of morpholine rings is 1. The Morgan fingerprint density at radius 1 is 1.17 bits per heavy atom. The van der Waals surface area contributed by atoms with Gasteiger partial charge in [-0.15, -0.1) is 0 Å². The summed E-state index contributed by atoms with van der Waals surface area (Å²) in [4.78, 5) is 27.2. The number of nitrogens with zero attached hydrogens (tertiary/aromatic N) is 1. The Labute approximate surface area is 171 Å². The minimum Gasteiger partial charge on any atom is -0.379 e. The van der Waals surface area contributed by atoms with Gasteiger partial charge in [0.15, 0.2) is 11.6 Å². The molecule has 1 aliphatic rings. The van der Waals surface area contributed by atoms with Gasteiger partial charge in [0.05, 0.1) is 13.2 Å². The topological polar surface area (TPSA) is 121 Å². The van der Waals surface area contributed by atoms with Gasteiger partial charge in [0, 0.05) is 26.3 Å². The Morgan fingerprint density at radius 2 is 1.87 bits per heavy atom. The number of aromatic amines is 1. The van der Waals surface area contributed by atoms with Gasteiger partial charge in [-0.25, -0.2) is 17.2 Å². The van der Waals surface area contributed by atoms with Crippen LogP contribution in [0.1, 0.15) is 22.1 Å². The number of H-pyrrole nitrogens is 1. The van der Waals surface area contributed by atoms with E-state index in [1.807, 2.05) is 0 Å². The summed E-state index contributed by atoms with van der Waals surface area (Å²) < 4.78 is 58.5. The number of amides is 2. The van der Waals surface area contributed by atoms with Crippen LogP contribution in [0.25, 0.3) is 0 Å². The minimum atomic E-state index is -3.82. The van der Waals surface area contributed by atoms with Crippen molar-refractivity contribution >= 4 is 21.8 Å². The van der Waals surface area contributed by atoms with Gasteiger partial charge in [-0.1, -0.05) is 6.07 Å². The van der Waals surface area contributed by atoms with E-state index in [2.05, 4.69) is 15.6 Å². The Hall–Kier alpha value is -2.83. The molecule has 0 radical (unpaired) electrons. The van der Waals surface area contributed by atoms with Crippen LogP contribution in [0.4, 0.5) is 8.78 Å². The third kappa shape index (κ3) is 4.50. The number of nitrogens with one attached hydrogen (secondary N) is 3. The lowest BCUT2D eigenvalue weighted by Gasteiger charge is -2.25. The van der Waals surface area contributed by atoms with Crippen molar-refractivity contribution in [2.24, 2.45) is 0 Å². The molecule has 1 fully saturated rings. The summed E-state index contributed by atoms with van der Waals surface area (Å²) in [5, 5.41) is 4.72. The Bertz CT molecular complexity index is 1050. The number of likely N-dealkylation sites (N-methyl/N-ethyl adjacent to an activating group) is 1. The average Bonchev–Trinajstić information content (AvgIpc) is 3.25. The highest BCUT2D eigenvalue weighted by atomic mass is 32.2. The van der Waals surface area contributed by atoms with E-state index in [1.54, 1.807) is 0 Å². The molecule has 0 aliphatic carbocycles. The maximum absolute atomic E-state index is 13.6. The van der Waals surface area contributed by atoms with E-state index in [4.69, 9.17) is 4.74 Å². The average molecular weight is 442 g/mol. The quantitative estimate of drug-likeness (QED) is 0.603. The van der Waals surface area contributed by atoms with Crippen molar-refractivity contribution in [3.05, 3.63) is 53.4 Å². The molecule has 0 spiro atoms. The van der Waals surface area contributed by atoms with Gasteiger partial charge in [0.2, 0.25) is 15.9 Å². The monoisotopic (exact) mass is 442 g/mol. The molecule has 30 heavy (non-hydrogen) atoms. The number of aromatic nitrogens is 1. The van der Waals surface area contributed by atoms with E-state index in [0.29, 0.717) is 0 Å². The zero-order chi connectivity index (χ0) is 21.9. The Morgan fingerprint density at radius 3 is 2.50 bits per heavy atom. The first kappa shape index (κ1) is 21.9. The lowest BCUT2D eigenvalue weighted by molar-refractivity contribution is -0.122. The molecule has 1 aliphatic heterocycles. The molecule has 12 heteroatoms. The summed E-state index contributed by atoms with van der Waals surface area (Å²) in [5.74, 6) is -3.73. The minimum absolute atomic E-state index is 0.0225. The van der Waals surface area contributed by atoms with E-state index in [1.165, 1.54) is 23.6 Å². The number of hydrogen-bond donors (Lipinski definition) is 3. The lowest BCUT2D eigenvalue weighted by Crippen LogP contribution is -2.40. The maximum Gasteiger partial charge on any atom is 0.268 e. The summed E-state index contributed by atoms with van der Waals surface area (Å²) >= 11 is 0. The summed E-state index contributed by atoms with van der Waals surface area (Å²) in [7, 11) is -2.49. The third-order valence-corrected chi connectivity index (χ3v) is 6.45. The molecule has 1 saturated heterocycles. The molecular weight excluding hydrogens is 422 g/mol. The number of halogens is 2. The summed E-state index contributed by atoms with van der Waals surface area (Å²) in [6.07, 6.45) is 1.17. The van der Waals surface area contributed by atoms with E-state index in [0.717, 1.165) is 18.2 Å². The van der Waals surface area contributed by atoms with Crippen molar-refractivity contribution < 1.29 is 31.5 Å². The van der Waals surface area contributed by atoms with E-state index in [9.17, 15) is 26.8 Å². The molecule has 1 aromatic carbocycles. The van der Waals surface area contributed by atoms with E-state index >= 15 is 0 Å². The molecule has 0 saturated carbocycles. The van der Waals surface area contributed by atoms with Crippen LogP contribution in [0, 0.1) is 11.6 Å². The first-order valence-corrected chi connectivity index (χ1v) is 10.4. The number of carbonyl (C=O) groups excluding carboxylic acids is 2. The van der Waals surface area contributed by atoms with Crippen molar-refractivity contribution in [1.82, 2.24) is 19.9 Å². The SMILES string of the molecule is CNC(=O)C(NC(=O)c1cc(S(=O)(=O)N2CCOCC2)c[nH]1)c1ccc(F)c(F)c1. The fraction of sp³-hybridized carbons (Fsp3) is 0.333. The second kappa shape index (κ2) is 8.90. The van der Waals surface area contributed by atoms with Crippen molar-refractivity contribution in [3.8, 4) is 0 Å². The second-order valence-electron chi connectivity index (χ2n) is 6.46. The number of carbonyl (C=O) groups is 2. The predicted octanol–water partition coefficient (Wildman–Crippen LogP) is 0.531. The van der Waals surface area contributed by atoms with Crippen molar-refractivity contribution in [1.29, 1.82) is 0 Å². The second-order valence-corrected chi connectivity index (χ2v) is 8.40. The Kier molecular flexibility index (Phi) is 6.48. The summed E-state index contributed by atoms with van der Waals surface area (Å²) in [6.45, 7) is 0.950. The number of sulfonamides is 1. The van der Waals surface area contributed by atoms with Crippen molar-refractivity contribution in [2.45, 2.75) is 10.9 Å². The van der Waals surface area contributed by atoms with Crippen molar-refractivity contribution in [3.63, 3.8) is 0 Å². The summed E-state index contributed by atoms with van der Waals surface area (Å²) in [5.41, 5.74) is -0.0901. The fourth-order valence-corrected chi connectivity index (χ4v) is 4.34. The third-order valence-electron chi connectivity index (χ3n) is 4.57. The van der Waals surface area contributed by atoms with Gasteiger partial charge in [-0.3, -0.25) is 9.59 Å². The molecule has 0 bridgehead atoms. The van der Waals surface area contributed by atoms with Crippen LogP contribution in [-0.4, -0.2) is 62.9 Å². The van der Waals surface area contributed by atoms with E-state index < -0.39 is 39.5 Å². The molecule has 162 valence electrons. The zero-order valence-corrected chi connectivity index (χ0v) is 16.8. The highest BCUT2D eigenvalue weighted by Crippen LogP contribution is 2.20. The number of rotatable bonds is 6. The molecule has 1 unspecified atom stereocenters. The normalized spacial score (nSPS) is 16.1. The molecule has 1 aromatic heterocycles. The summed E-state index contributed by atoms with van der Waals surface area (Å²) in [6, 6.07) is 2.64. The number of hydrogen-bond acceptors (Lipinski definition) is 5. The van der Waals surface area contributed by atoms with Gasteiger partial charge in [0.25, 0.3) is 5.91 Å².